The number of carbonyl (C=O) groups excluding carboxylic acids is 2. The normalized spacial score (nSPS) is 12.3. The number of benzene rings is 3. The first-order valence-electron chi connectivity index (χ1n) is 13.3. The molecule has 3 aromatic rings. The summed E-state index contributed by atoms with van der Waals surface area (Å²) in [4.78, 5) is 28.7. The van der Waals surface area contributed by atoms with Crippen molar-refractivity contribution in [2.75, 3.05) is 25.1 Å². The van der Waals surface area contributed by atoms with Gasteiger partial charge in [-0.05, 0) is 70.5 Å². The Bertz CT molecular complexity index is 1520. The van der Waals surface area contributed by atoms with Crippen molar-refractivity contribution in [2.45, 2.75) is 57.6 Å². The molecule has 3 aromatic carbocycles. The van der Waals surface area contributed by atoms with E-state index in [-0.39, 0.29) is 22.9 Å². The molecule has 0 fully saturated rings. The number of hydrogen-bond acceptors (Lipinski definition) is 6. The number of hydrogen-bond donors (Lipinski definition) is 1. The van der Waals surface area contributed by atoms with Gasteiger partial charge in [0, 0.05) is 23.2 Å². The van der Waals surface area contributed by atoms with Crippen molar-refractivity contribution in [1.82, 2.24) is 10.2 Å². The van der Waals surface area contributed by atoms with Crippen molar-refractivity contribution in [1.29, 1.82) is 0 Å². The Morgan fingerprint density at radius 1 is 0.976 bits per heavy atom. The molecule has 0 saturated heterocycles. The molecular formula is C31H38ClN3O6S. The Kier molecular flexibility index (Phi) is 10.5. The summed E-state index contributed by atoms with van der Waals surface area (Å²) in [6, 6.07) is 17.0. The molecule has 2 amide bonds. The van der Waals surface area contributed by atoms with E-state index in [1.807, 2.05) is 27.7 Å². The van der Waals surface area contributed by atoms with Crippen LogP contribution in [0.3, 0.4) is 0 Å². The third-order valence-corrected chi connectivity index (χ3v) is 8.65. The number of carbonyl (C=O) groups is 2. The van der Waals surface area contributed by atoms with Gasteiger partial charge in [0.05, 0.1) is 24.8 Å². The van der Waals surface area contributed by atoms with Gasteiger partial charge in [-0.25, -0.2) is 8.42 Å². The molecule has 0 saturated carbocycles. The van der Waals surface area contributed by atoms with Gasteiger partial charge in [0.25, 0.3) is 10.0 Å². The van der Waals surface area contributed by atoms with Gasteiger partial charge < -0.3 is 19.7 Å². The number of nitrogens with one attached hydrogen (secondary N) is 1. The number of anilines is 1. The lowest BCUT2D eigenvalue weighted by atomic mass is 10.1. The molecule has 1 unspecified atom stereocenters. The predicted octanol–water partition coefficient (Wildman–Crippen LogP) is 5.19. The van der Waals surface area contributed by atoms with Gasteiger partial charge in [0.2, 0.25) is 11.8 Å². The molecule has 0 spiro atoms. The van der Waals surface area contributed by atoms with E-state index in [1.165, 1.54) is 37.3 Å². The third kappa shape index (κ3) is 7.95. The van der Waals surface area contributed by atoms with Gasteiger partial charge in [0.1, 0.15) is 24.1 Å². The smallest absolute Gasteiger partial charge is 0.264 e. The molecule has 0 bridgehead atoms. The second-order valence-corrected chi connectivity index (χ2v) is 13.2. The summed E-state index contributed by atoms with van der Waals surface area (Å²) in [5, 5.41) is 3.31. The van der Waals surface area contributed by atoms with Crippen LogP contribution in [0.5, 0.6) is 11.5 Å². The zero-order valence-electron chi connectivity index (χ0n) is 25.0. The Hall–Kier alpha value is -3.76. The molecule has 42 heavy (non-hydrogen) atoms. The molecule has 0 heterocycles. The zero-order chi connectivity index (χ0) is 31.2. The summed E-state index contributed by atoms with van der Waals surface area (Å²) in [6.45, 7) is 8.30. The highest BCUT2D eigenvalue weighted by molar-refractivity contribution is 7.92. The van der Waals surface area contributed by atoms with Gasteiger partial charge in [-0.2, -0.15) is 0 Å². The van der Waals surface area contributed by atoms with E-state index in [0.29, 0.717) is 16.3 Å². The second-order valence-electron chi connectivity index (χ2n) is 10.9. The predicted molar refractivity (Wildman–Crippen MR) is 165 cm³/mol. The summed E-state index contributed by atoms with van der Waals surface area (Å²) in [5.41, 5.74) is 1.03. The average molecular weight is 616 g/mol. The van der Waals surface area contributed by atoms with E-state index in [1.54, 1.807) is 55.5 Å². The minimum atomic E-state index is -4.29. The highest BCUT2D eigenvalue weighted by atomic mass is 35.5. The Balaban J connectivity index is 2.14. The van der Waals surface area contributed by atoms with E-state index >= 15 is 0 Å². The minimum absolute atomic E-state index is 0.0121. The van der Waals surface area contributed by atoms with Gasteiger partial charge in [-0.1, -0.05) is 47.5 Å². The van der Waals surface area contributed by atoms with Gasteiger partial charge in [0.15, 0.2) is 0 Å². The number of aryl methyl sites for hydroxylation is 1. The van der Waals surface area contributed by atoms with Crippen LogP contribution in [0.1, 0.15) is 38.8 Å². The first-order chi connectivity index (χ1) is 19.7. The fraction of sp³-hybridized carbons (Fsp3) is 0.355. The van der Waals surface area contributed by atoms with Crippen molar-refractivity contribution in [3.8, 4) is 11.5 Å². The van der Waals surface area contributed by atoms with Crippen molar-refractivity contribution >= 4 is 39.1 Å². The molecule has 11 heteroatoms. The van der Waals surface area contributed by atoms with Crippen LogP contribution < -0.4 is 19.1 Å². The van der Waals surface area contributed by atoms with Crippen molar-refractivity contribution in [3.05, 3.63) is 82.9 Å². The Morgan fingerprint density at radius 3 is 2.19 bits per heavy atom. The van der Waals surface area contributed by atoms with Crippen LogP contribution in [0.15, 0.2) is 71.6 Å². The number of sulfonamides is 1. The lowest BCUT2D eigenvalue weighted by molar-refractivity contribution is -0.140. The van der Waals surface area contributed by atoms with Crippen LogP contribution >= 0.6 is 11.6 Å². The lowest BCUT2D eigenvalue weighted by Gasteiger charge is -2.34. The first-order valence-corrected chi connectivity index (χ1v) is 15.2. The van der Waals surface area contributed by atoms with Crippen molar-refractivity contribution < 1.29 is 27.5 Å². The van der Waals surface area contributed by atoms with E-state index in [2.05, 4.69) is 5.32 Å². The van der Waals surface area contributed by atoms with Crippen LogP contribution in [0.25, 0.3) is 0 Å². The largest absolute Gasteiger partial charge is 0.497 e. The quantitative estimate of drug-likeness (QED) is 0.318. The Morgan fingerprint density at radius 2 is 1.62 bits per heavy atom. The SMILES string of the molecule is COc1ccc(OC)c(N(CC(=O)N(Cc2ccccc2Cl)C(C)C(=O)NC(C)(C)C)S(=O)(=O)c2ccc(C)cc2)c1. The summed E-state index contributed by atoms with van der Waals surface area (Å²) in [5.74, 6) is -0.425. The second kappa shape index (κ2) is 13.5. The number of rotatable bonds is 11. The topological polar surface area (TPSA) is 105 Å². The molecule has 0 aromatic heterocycles. The van der Waals surface area contributed by atoms with Crippen LogP contribution in [0, 0.1) is 6.92 Å². The molecule has 0 aliphatic heterocycles. The zero-order valence-corrected chi connectivity index (χ0v) is 26.5. The molecule has 1 atom stereocenters. The summed E-state index contributed by atoms with van der Waals surface area (Å²) in [6.07, 6.45) is 0. The summed E-state index contributed by atoms with van der Waals surface area (Å²) < 4.78 is 40.1. The third-order valence-electron chi connectivity index (χ3n) is 6.51. The fourth-order valence-corrected chi connectivity index (χ4v) is 5.82. The molecule has 0 aliphatic carbocycles. The fourth-order valence-electron chi connectivity index (χ4n) is 4.21. The number of halogens is 1. The summed E-state index contributed by atoms with van der Waals surface area (Å²) in [7, 11) is -1.43. The number of ether oxygens (including phenoxy) is 2. The van der Waals surface area contributed by atoms with E-state index in [4.69, 9.17) is 21.1 Å². The highest BCUT2D eigenvalue weighted by Gasteiger charge is 2.35. The van der Waals surface area contributed by atoms with Gasteiger partial charge in [-0.15, -0.1) is 0 Å². The van der Waals surface area contributed by atoms with E-state index in [0.717, 1.165) is 9.87 Å². The maximum Gasteiger partial charge on any atom is 0.264 e. The maximum absolute atomic E-state index is 14.2. The monoisotopic (exact) mass is 615 g/mol. The van der Waals surface area contributed by atoms with Crippen LogP contribution in [-0.2, 0) is 26.2 Å². The molecular weight excluding hydrogens is 578 g/mol. The Labute approximate surface area is 253 Å². The molecule has 1 N–H and O–H groups in total. The molecule has 9 nitrogen and oxygen atoms in total. The number of nitrogens with zero attached hydrogens (tertiary/aromatic N) is 2. The van der Waals surface area contributed by atoms with Crippen LogP contribution in [0.2, 0.25) is 5.02 Å². The highest BCUT2D eigenvalue weighted by Crippen LogP contribution is 2.36. The molecule has 226 valence electrons. The number of amides is 2. The van der Waals surface area contributed by atoms with E-state index in [9.17, 15) is 18.0 Å². The van der Waals surface area contributed by atoms with Crippen molar-refractivity contribution in [3.63, 3.8) is 0 Å². The molecule has 3 rings (SSSR count). The minimum Gasteiger partial charge on any atom is -0.497 e. The maximum atomic E-state index is 14.2. The standard InChI is InChI=1S/C31H38ClN3O6S/c1-21-12-15-25(16-13-21)42(38,39)35(27-18-24(40-6)14-17-28(27)41-7)20-29(36)34(19-23-10-8-9-11-26(23)32)22(2)30(37)33-31(3,4)5/h8-18,22H,19-20H2,1-7H3,(H,33,37). The van der Waals surface area contributed by atoms with Crippen molar-refractivity contribution in [2.24, 2.45) is 0 Å². The first kappa shape index (κ1) is 32.8. The van der Waals surface area contributed by atoms with Gasteiger partial charge in [-0.3, -0.25) is 13.9 Å². The van der Waals surface area contributed by atoms with Crippen LogP contribution in [-0.4, -0.2) is 57.5 Å². The number of methoxy groups -OCH3 is 2. The van der Waals surface area contributed by atoms with Crippen LogP contribution in [0.4, 0.5) is 5.69 Å². The average Bonchev–Trinajstić information content (AvgIpc) is 2.93. The molecule has 0 aliphatic rings. The molecule has 0 radical (unpaired) electrons. The van der Waals surface area contributed by atoms with E-state index < -0.39 is 40.0 Å². The lowest BCUT2D eigenvalue weighted by Crippen LogP contribution is -2.54. The summed E-state index contributed by atoms with van der Waals surface area (Å²) >= 11 is 6.43. The van der Waals surface area contributed by atoms with Gasteiger partial charge >= 0.3 is 0 Å².